The fourth-order valence-corrected chi connectivity index (χ4v) is 4.78. The number of likely N-dealkylation sites (N-methyl/N-ethyl adjacent to an activating group) is 1. The van der Waals surface area contributed by atoms with E-state index in [-0.39, 0.29) is 41.3 Å². The van der Waals surface area contributed by atoms with E-state index >= 15 is 0 Å². The van der Waals surface area contributed by atoms with Crippen molar-refractivity contribution in [2.24, 2.45) is 0 Å². The number of amides is 2. The van der Waals surface area contributed by atoms with Crippen molar-refractivity contribution in [3.05, 3.63) is 86.4 Å². The van der Waals surface area contributed by atoms with Crippen LogP contribution in [-0.2, 0) is 18.8 Å². The molecule has 2 amide bonds. The summed E-state index contributed by atoms with van der Waals surface area (Å²) >= 11 is 11.4. The third kappa shape index (κ3) is 10.2. The monoisotopic (exact) mass is 692 g/mol. The van der Waals surface area contributed by atoms with Crippen LogP contribution in [0.5, 0.6) is 5.75 Å². The predicted octanol–water partition coefficient (Wildman–Crippen LogP) is 7.97. The summed E-state index contributed by atoms with van der Waals surface area (Å²) in [6.45, 7) is 1.07. The van der Waals surface area contributed by atoms with E-state index in [1.165, 1.54) is 24.3 Å². The van der Waals surface area contributed by atoms with Crippen LogP contribution in [0.2, 0.25) is 10.0 Å². The molecule has 46 heavy (non-hydrogen) atoms. The van der Waals surface area contributed by atoms with Crippen molar-refractivity contribution in [2.45, 2.75) is 25.2 Å². The molecule has 0 atom stereocenters. The number of halogens is 8. The Labute approximate surface area is 272 Å². The molecular formula is C31H32Cl2F6N4O3. The van der Waals surface area contributed by atoms with Gasteiger partial charge in [0.05, 0.1) is 26.7 Å². The highest BCUT2D eigenvalue weighted by Gasteiger charge is 2.34. The van der Waals surface area contributed by atoms with E-state index in [4.69, 9.17) is 27.9 Å². The van der Waals surface area contributed by atoms with Crippen LogP contribution in [0.25, 0.3) is 0 Å². The van der Waals surface area contributed by atoms with Gasteiger partial charge < -0.3 is 25.2 Å². The molecule has 3 aromatic carbocycles. The van der Waals surface area contributed by atoms with E-state index in [0.29, 0.717) is 37.2 Å². The molecule has 0 spiro atoms. The molecular weight excluding hydrogens is 661 g/mol. The number of benzene rings is 3. The second-order valence-electron chi connectivity index (χ2n) is 10.9. The largest absolute Gasteiger partial charge is 0.491 e. The fraction of sp³-hybridized carbons (Fsp3) is 0.355. The first-order valence-corrected chi connectivity index (χ1v) is 14.6. The number of ether oxygens (including phenoxy) is 1. The lowest BCUT2D eigenvalue weighted by Crippen LogP contribution is -2.23. The van der Waals surface area contributed by atoms with Crippen LogP contribution in [0.1, 0.15) is 43.8 Å². The minimum absolute atomic E-state index is 0.0107. The summed E-state index contributed by atoms with van der Waals surface area (Å²) in [6.07, 6.45) is -8.76. The van der Waals surface area contributed by atoms with E-state index in [9.17, 15) is 35.9 Å². The highest BCUT2D eigenvalue weighted by atomic mass is 35.5. The molecule has 2 N–H and O–H groups in total. The standard InChI is InChI=1S/C31H32Cl2F6N4O3/c1-42(2)11-5-6-18-14-19(28(44)40-20-7-9-24(32)22(16-20)30(34,35)36)15-26(46-13-12-43(3)4)27(18)29(45)41-21-8-10-25(33)23(17-21)31(37,38)39/h7-10,14-17H,5-6,11-13H2,1-4H3,(H,40,44)(H,41,45). The van der Waals surface area contributed by atoms with Crippen LogP contribution in [0, 0.1) is 0 Å². The summed E-state index contributed by atoms with van der Waals surface area (Å²) < 4.78 is 86.6. The normalized spacial score (nSPS) is 12.0. The third-order valence-corrected chi connectivity index (χ3v) is 7.24. The first kappa shape index (κ1) is 36.9. The summed E-state index contributed by atoms with van der Waals surface area (Å²) in [5.41, 5.74) is -2.31. The Bertz CT molecular complexity index is 1530. The predicted molar refractivity (Wildman–Crippen MR) is 166 cm³/mol. The van der Waals surface area contributed by atoms with Crippen molar-refractivity contribution in [2.75, 3.05) is 58.5 Å². The summed E-state index contributed by atoms with van der Waals surface area (Å²) in [5.74, 6) is -1.63. The number of alkyl halides is 6. The number of hydrogen-bond acceptors (Lipinski definition) is 5. The van der Waals surface area contributed by atoms with Gasteiger partial charge in [0, 0.05) is 23.5 Å². The van der Waals surface area contributed by atoms with E-state index in [0.717, 1.165) is 12.1 Å². The molecule has 0 saturated heterocycles. The van der Waals surface area contributed by atoms with Crippen LogP contribution >= 0.6 is 23.2 Å². The smallest absolute Gasteiger partial charge is 0.417 e. The van der Waals surface area contributed by atoms with Crippen molar-refractivity contribution in [1.82, 2.24) is 9.80 Å². The number of hydrogen-bond donors (Lipinski definition) is 2. The molecule has 0 saturated carbocycles. The van der Waals surface area contributed by atoms with Crippen molar-refractivity contribution in [3.8, 4) is 5.75 Å². The number of aryl methyl sites for hydroxylation is 1. The zero-order valence-electron chi connectivity index (χ0n) is 25.3. The Kier molecular flexibility index (Phi) is 12.4. The summed E-state index contributed by atoms with van der Waals surface area (Å²) in [7, 11) is 7.25. The van der Waals surface area contributed by atoms with Gasteiger partial charge in [0.15, 0.2) is 0 Å². The first-order valence-electron chi connectivity index (χ1n) is 13.8. The highest BCUT2D eigenvalue weighted by Crippen LogP contribution is 2.38. The number of nitrogens with one attached hydrogen (secondary N) is 2. The zero-order chi connectivity index (χ0) is 34.4. The molecule has 0 aliphatic rings. The van der Waals surface area contributed by atoms with Crippen molar-refractivity contribution in [3.63, 3.8) is 0 Å². The molecule has 0 aromatic heterocycles. The zero-order valence-corrected chi connectivity index (χ0v) is 26.8. The number of rotatable bonds is 12. The second kappa shape index (κ2) is 15.4. The Morgan fingerprint density at radius 1 is 0.739 bits per heavy atom. The van der Waals surface area contributed by atoms with Gasteiger partial charge in [-0.1, -0.05) is 23.2 Å². The molecule has 0 heterocycles. The minimum Gasteiger partial charge on any atom is -0.491 e. The van der Waals surface area contributed by atoms with Gasteiger partial charge >= 0.3 is 12.4 Å². The maximum atomic E-state index is 13.7. The Hall–Kier alpha value is -3.52. The van der Waals surface area contributed by atoms with E-state index < -0.39 is 45.3 Å². The van der Waals surface area contributed by atoms with Gasteiger partial charge in [-0.05, 0) is 102 Å². The van der Waals surface area contributed by atoms with Crippen molar-refractivity contribution < 1.29 is 40.7 Å². The number of carbonyl (C=O) groups excluding carboxylic acids is 2. The van der Waals surface area contributed by atoms with Crippen molar-refractivity contribution in [1.29, 1.82) is 0 Å². The van der Waals surface area contributed by atoms with E-state index in [2.05, 4.69) is 10.6 Å². The molecule has 3 rings (SSSR count). The first-order chi connectivity index (χ1) is 21.4. The molecule has 7 nitrogen and oxygen atoms in total. The molecule has 0 aliphatic carbocycles. The Morgan fingerprint density at radius 2 is 1.24 bits per heavy atom. The van der Waals surface area contributed by atoms with Gasteiger partial charge in [-0.15, -0.1) is 0 Å². The number of nitrogens with zero attached hydrogens (tertiary/aromatic N) is 2. The maximum Gasteiger partial charge on any atom is 0.417 e. The number of carbonyl (C=O) groups is 2. The van der Waals surface area contributed by atoms with Gasteiger partial charge in [-0.2, -0.15) is 26.3 Å². The molecule has 0 unspecified atom stereocenters. The molecule has 0 aliphatic heterocycles. The van der Waals surface area contributed by atoms with Crippen LogP contribution < -0.4 is 15.4 Å². The molecule has 3 aromatic rings. The summed E-state index contributed by atoms with van der Waals surface area (Å²) in [4.78, 5) is 30.7. The SMILES string of the molecule is CN(C)CCCc1cc(C(=O)Nc2ccc(Cl)c(C(F)(F)F)c2)cc(OCCN(C)C)c1C(=O)Nc1ccc(Cl)c(C(F)(F)F)c1. The summed E-state index contributed by atoms with van der Waals surface area (Å²) in [6, 6.07) is 8.54. The van der Waals surface area contributed by atoms with Crippen LogP contribution in [0.15, 0.2) is 48.5 Å². The van der Waals surface area contributed by atoms with E-state index in [1.807, 2.05) is 19.0 Å². The second-order valence-corrected chi connectivity index (χ2v) is 11.7. The summed E-state index contributed by atoms with van der Waals surface area (Å²) in [5, 5.41) is 3.82. The molecule has 250 valence electrons. The Balaban J connectivity index is 2.08. The molecule has 15 heteroatoms. The lowest BCUT2D eigenvalue weighted by atomic mass is 9.97. The minimum atomic E-state index is -4.77. The van der Waals surface area contributed by atoms with Crippen molar-refractivity contribution >= 4 is 46.4 Å². The Morgan fingerprint density at radius 3 is 1.72 bits per heavy atom. The molecule has 0 radical (unpaired) electrons. The van der Waals surface area contributed by atoms with Gasteiger partial charge in [-0.3, -0.25) is 9.59 Å². The van der Waals surface area contributed by atoms with Crippen LogP contribution in [0.4, 0.5) is 37.7 Å². The lowest BCUT2D eigenvalue weighted by molar-refractivity contribution is -0.138. The third-order valence-electron chi connectivity index (χ3n) is 6.58. The average Bonchev–Trinajstić information content (AvgIpc) is 2.93. The topological polar surface area (TPSA) is 73.9 Å². The molecule has 0 bridgehead atoms. The molecule has 0 fully saturated rings. The average molecular weight is 694 g/mol. The van der Waals surface area contributed by atoms with E-state index in [1.54, 1.807) is 19.0 Å². The van der Waals surface area contributed by atoms with Gasteiger partial charge in [0.2, 0.25) is 0 Å². The van der Waals surface area contributed by atoms with Gasteiger partial charge in [0.1, 0.15) is 12.4 Å². The van der Waals surface area contributed by atoms with Gasteiger partial charge in [-0.25, -0.2) is 0 Å². The van der Waals surface area contributed by atoms with Crippen LogP contribution in [-0.4, -0.2) is 69.5 Å². The van der Waals surface area contributed by atoms with Gasteiger partial charge in [0.25, 0.3) is 11.8 Å². The fourth-order valence-electron chi connectivity index (χ4n) is 4.33. The highest BCUT2D eigenvalue weighted by molar-refractivity contribution is 6.32. The number of anilines is 2. The quantitative estimate of drug-likeness (QED) is 0.188. The van der Waals surface area contributed by atoms with Crippen LogP contribution in [0.3, 0.4) is 0 Å². The lowest BCUT2D eigenvalue weighted by Gasteiger charge is -2.20. The maximum absolute atomic E-state index is 13.7.